The summed E-state index contributed by atoms with van der Waals surface area (Å²) in [4.78, 5) is -0.313. The number of rotatable bonds is 3. The zero-order valence-electron chi connectivity index (χ0n) is 10.4. The molecule has 2 atom stereocenters. The summed E-state index contributed by atoms with van der Waals surface area (Å²) in [6.45, 7) is 0.199. The van der Waals surface area contributed by atoms with Crippen LogP contribution in [0.4, 0.5) is 4.39 Å². The second-order valence-electron chi connectivity index (χ2n) is 5.33. The molecular formula is C13H16FNO3S. The van der Waals surface area contributed by atoms with E-state index in [0.29, 0.717) is 18.0 Å². The normalized spacial score (nSPS) is 27.1. The first-order chi connectivity index (χ1) is 9.02. The molecule has 1 heterocycles. The molecule has 4 nitrogen and oxygen atoms in total. The Balaban J connectivity index is 2.00. The molecule has 1 aliphatic heterocycles. The molecule has 104 valence electrons. The van der Waals surface area contributed by atoms with Crippen LogP contribution in [0.15, 0.2) is 23.1 Å². The number of halogens is 1. The highest BCUT2D eigenvalue weighted by Gasteiger charge is 2.44. The van der Waals surface area contributed by atoms with Gasteiger partial charge in [0.25, 0.3) is 0 Å². The SMILES string of the molecule is O=S(=O)(c1cc(CO)ccc1F)N1CC2CCC1C2. The first-order valence-corrected chi connectivity index (χ1v) is 7.87. The standard InChI is InChI=1S/C13H16FNO3S/c14-12-4-2-10(8-16)6-13(12)19(17,18)15-7-9-1-3-11(15)5-9/h2,4,6,9,11,16H,1,3,5,7-8H2. The van der Waals surface area contributed by atoms with Gasteiger partial charge in [-0.05, 0) is 42.9 Å². The number of aliphatic hydroxyl groups is 1. The van der Waals surface area contributed by atoms with Gasteiger partial charge >= 0.3 is 0 Å². The number of nitrogens with zero attached hydrogens (tertiary/aromatic N) is 1. The molecule has 0 amide bonds. The van der Waals surface area contributed by atoms with E-state index in [1.54, 1.807) is 0 Å². The third kappa shape index (κ3) is 2.07. The molecule has 2 unspecified atom stereocenters. The highest BCUT2D eigenvalue weighted by atomic mass is 32.2. The monoisotopic (exact) mass is 285 g/mol. The van der Waals surface area contributed by atoms with E-state index in [-0.39, 0.29) is 17.5 Å². The van der Waals surface area contributed by atoms with Crippen molar-refractivity contribution in [3.05, 3.63) is 29.6 Å². The number of benzene rings is 1. The Labute approximate surface area is 111 Å². The van der Waals surface area contributed by atoms with E-state index in [1.165, 1.54) is 16.4 Å². The lowest BCUT2D eigenvalue weighted by Crippen LogP contribution is -2.38. The highest BCUT2D eigenvalue weighted by Crippen LogP contribution is 2.40. The van der Waals surface area contributed by atoms with E-state index in [4.69, 9.17) is 5.11 Å². The van der Waals surface area contributed by atoms with Gasteiger partial charge in [-0.3, -0.25) is 0 Å². The van der Waals surface area contributed by atoms with Gasteiger partial charge in [-0.15, -0.1) is 0 Å². The average Bonchev–Trinajstić information content (AvgIpc) is 3.01. The number of hydrogen-bond acceptors (Lipinski definition) is 3. The van der Waals surface area contributed by atoms with Crippen molar-refractivity contribution in [2.75, 3.05) is 6.54 Å². The fourth-order valence-corrected chi connectivity index (χ4v) is 5.00. The van der Waals surface area contributed by atoms with Crippen molar-refractivity contribution in [3.63, 3.8) is 0 Å². The van der Waals surface area contributed by atoms with Crippen molar-refractivity contribution >= 4 is 10.0 Å². The summed E-state index contributed by atoms with van der Waals surface area (Å²) in [7, 11) is -3.79. The summed E-state index contributed by atoms with van der Waals surface area (Å²) in [5.41, 5.74) is 0.407. The summed E-state index contributed by atoms with van der Waals surface area (Å²) in [5, 5.41) is 9.06. The van der Waals surface area contributed by atoms with Gasteiger partial charge < -0.3 is 5.11 Å². The first-order valence-electron chi connectivity index (χ1n) is 6.43. The lowest BCUT2D eigenvalue weighted by molar-refractivity contribution is 0.281. The molecule has 1 aromatic rings. The fourth-order valence-electron chi connectivity index (χ4n) is 3.14. The third-order valence-electron chi connectivity index (χ3n) is 4.12. The fraction of sp³-hybridized carbons (Fsp3) is 0.538. The van der Waals surface area contributed by atoms with E-state index in [0.717, 1.165) is 25.3 Å². The minimum Gasteiger partial charge on any atom is -0.392 e. The number of fused-ring (bicyclic) bond motifs is 2. The van der Waals surface area contributed by atoms with Crippen LogP contribution in [0.25, 0.3) is 0 Å². The van der Waals surface area contributed by atoms with E-state index >= 15 is 0 Å². The van der Waals surface area contributed by atoms with Gasteiger partial charge in [0.2, 0.25) is 10.0 Å². The first kappa shape index (κ1) is 13.0. The lowest BCUT2D eigenvalue weighted by atomic mass is 10.1. The summed E-state index contributed by atoms with van der Waals surface area (Å²) < 4.78 is 40.3. The summed E-state index contributed by atoms with van der Waals surface area (Å²) >= 11 is 0. The van der Waals surface area contributed by atoms with E-state index < -0.39 is 15.8 Å². The molecule has 2 bridgehead atoms. The van der Waals surface area contributed by atoms with Crippen molar-refractivity contribution in [1.29, 1.82) is 0 Å². The van der Waals surface area contributed by atoms with Crippen LogP contribution < -0.4 is 0 Å². The van der Waals surface area contributed by atoms with Crippen LogP contribution in [0.5, 0.6) is 0 Å². The van der Waals surface area contributed by atoms with Crippen molar-refractivity contribution in [2.45, 2.75) is 36.8 Å². The van der Waals surface area contributed by atoms with Gasteiger partial charge in [0.05, 0.1) is 6.61 Å². The van der Waals surface area contributed by atoms with Crippen LogP contribution in [0.1, 0.15) is 24.8 Å². The summed E-state index contributed by atoms with van der Waals surface area (Å²) in [6, 6.07) is 3.75. The van der Waals surface area contributed by atoms with Gasteiger partial charge in [-0.2, -0.15) is 4.31 Å². The molecular weight excluding hydrogens is 269 g/mol. The summed E-state index contributed by atoms with van der Waals surface area (Å²) in [5.74, 6) is -0.330. The van der Waals surface area contributed by atoms with E-state index in [9.17, 15) is 12.8 Å². The zero-order valence-corrected chi connectivity index (χ0v) is 11.2. The van der Waals surface area contributed by atoms with Crippen LogP contribution in [0.2, 0.25) is 0 Å². The Bertz CT molecular complexity index is 602. The maximum absolute atomic E-state index is 13.8. The lowest BCUT2D eigenvalue weighted by Gasteiger charge is -2.26. The van der Waals surface area contributed by atoms with Gasteiger partial charge in [-0.25, -0.2) is 12.8 Å². The van der Waals surface area contributed by atoms with Crippen LogP contribution in [0.3, 0.4) is 0 Å². The maximum Gasteiger partial charge on any atom is 0.246 e. The Morgan fingerprint density at radius 3 is 2.74 bits per heavy atom. The molecule has 19 heavy (non-hydrogen) atoms. The quantitative estimate of drug-likeness (QED) is 0.915. The third-order valence-corrected chi connectivity index (χ3v) is 6.06. The van der Waals surface area contributed by atoms with Crippen molar-refractivity contribution < 1.29 is 17.9 Å². The Morgan fingerprint density at radius 2 is 2.16 bits per heavy atom. The van der Waals surface area contributed by atoms with Crippen molar-refractivity contribution in [1.82, 2.24) is 4.31 Å². The molecule has 2 aliphatic rings. The van der Waals surface area contributed by atoms with Gasteiger partial charge in [0.1, 0.15) is 10.7 Å². The molecule has 1 N–H and O–H groups in total. The van der Waals surface area contributed by atoms with Gasteiger partial charge in [0, 0.05) is 12.6 Å². The predicted octanol–water partition coefficient (Wildman–Crippen LogP) is 1.49. The molecule has 1 aromatic carbocycles. The molecule has 6 heteroatoms. The number of hydrogen-bond donors (Lipinski definition) is 1. The largest absolute Gasteiger partial charge is 0.392 e. The van der Waals surface area contributed by atoms with E-state index in [1.807, 2.05) is 0 Å². The van der Waals surface area contributed by atoms with Gasteiger partial charge in [-0.1, -0.05) is 6.07 Å². The number of piperidine rings is 1. The smallest absolute Gasteiger partial charge is 0.246 e. The molecule has 0 aromatic heterocycles. The number of sulfonamides is 1. The molecule has 1 saturated heterocycles. The minimum absolute atomic E-state index is 0.0205. The zero-order chi connectivity index (χ0) is 13.6. The molecule has 2 fully saturated rings. The van der Waals surface area contributed by atoms with Crippen LogP contribution in [-0.4, -0.2) is 30.4 Å². The molecule has 1 saturated carbocycles. The maximum atomic E-state index is 13.8. The molecule has 0 radical (unpaired) electrons. The van der Waals surface area contributed by atoms with Crippen LogP contribution in [-0.2, 0) is 16.6 Å². The minimum atomic E-state index is -3.79. The Kier molecular flexibility index (Phi) is 3.11. The molecule has 1 aliphatic carbocycles. The average molecular weight is 285 g/mol. The van der Waals surface area contributed by atoms with Gasteiger partial charge in [0.15, 0.2) is 0 Å². The van der Waals surface area contributed by atoms with Crippen LogP contribution in [0, 0.1) is 11.7 Å². The predicted molar refractivity (Wildman–Crippen MR) is 67.3 cm³/mol. The second-order valence-corrected chi connectivity index (χ2v) is 7.19. The van der Waals surface area contributed by atoms with E-state index in [2.05, 4.69) is 0 Å². The highest BCUT2D eigenvalue weighted by molar-refractivity contribution is 7.89. The molecule has 3 rings (SSSR count). The summed E-state index contributed by atoms with van der Waals surface area (Å²) in [6.07, 6.45) is 2.82. The molecule has 0 spiro atoms. The number of aliphatic hydroxyl groups excluding tert-OH is 1. The van der Waals surface area contributed by atoms with Crippen molar-refractivity contribution in [3.8, 4) is 0 Å². The topological polar surface area (TPSA) is 57.6 Å². The Morgan fingerprint density at radius 1 is 1.37 bits per heavy atom. The van der Waals surface area contributed by atoms with Crippen molar-refractivity contribution in [2.24, 2.45) is 5.92 Å². The second kappa shape index (κ2) is 4.54. The Hall–Kier alpha value is -0.980. The van der Waals surface area contributed by atoms with Crippen LogP contribution >= 0.6 is 0 Å².